The zero-order chi connectivity index (χ0) is 14.9. The van der Waals surface area contributed by atoms with Crippen molar-refractivity contribution in [2.24, 2.45) is 5.92 Å². The van der Waals surface area contributed by atoms with Crippen LogP contribution in [0, 0.1) is 5.92 Å². The summed E-state index contributed by atoms with van der Waals surface area (Å²) in [6, 6.07) is 4.00. The van der Waals surface area contributed by atoms with Crippen LogP contribution in [0.4, 0.5) is 0 Å². The molecule has 1 aromatic carbocycles. The Bertz CT molecular complexity index is 503. The maximum absolute atomic E-state index is 6.00. The highest BCUT2D eigenvalue weighted by atomic mass is 16.7. The Labute approximate surface area is 126 Å². The van der Waals surface area contributed by atoms with E-state index in [1.54, 1.807) is 0 Å². The van der Waals surface area contributed by atoms with Crippen LogP contribution in [0.15, 0.2) is 12.1 Å². The normalized spacial score (nSPS) is 17.1. The summed E-state index contributed by atoms with van der Waals surface area (Å²) in [7, 11) is 0. The van der Waals surface area contributed by atoms with E-state index in [-0.39, 0.29) is 5.54 Å². The van der Waals surface area contributed by atoms with Crippen LogP contribution in [-0.2, 0) is 6.54 Å². The number of hydrogen-bond donors (Lipinski definition) is 1. The first-order valence-corrected chi connectivity index (χ1v) is 7.81. The molecule has 1 N–H and O–H groups in total. The summed E-state index contributed by atoms with van der Waals surface area (Å²) in [6.45, 7) is 8.33. The molecule has 0 unspecified atom stereocenters. The van der Waals surface area contributed by atoms with Gasteiger partial charge in [0.25, 0.3) is 0 Å². The molecule has 0 spiro atoms. The van der Waals surface area contributed by atoms with Crippen molar-refractivity contribution in [3.05, 3.63) is 17.7 Å². The average molecular weight is 291 g/mol. The van der Waals surface area contributed by atoms with Gasteiger partial charge in [0.15, 0.2) is 11.5 Å². The summed E-state index contributed by atoms with van der Waals surface area (Å²) < 4.78 is 16.9. The summed E-state index contributed by atoms with van der Waals surface area (Å²) in [6.07, 6.45) is 3.88. The molecule has 1 aliphatic heterocycles. The lowest BCUT2D eigenvalue weighted by Crippen LogP contribution is -2.35. The average Bonchev–Trinajstić information content (AvgIpc) is 3.12. The first-order chi connectivity index (χ1) is 10.0. The molecule has 1 heterocycles. The standard InChI is InChI=1S/C17H25NO3/c1-17(2,3)18-10-13-8-15-16(21-11-20-15)9-14(13)19-7-6-12-4-5-12/h8-9,12,18H,4-7,10-11H2,1-3H3. The highest BCUT2D eigenvalue weighted by Gasteiger charge is 2.22. The van der Waals surface area contributed by atoms with Crippen molar-refractivity contribution >= 4 is 0 Å². The van der Waals surface area contributed by atoms with Gasteiger partial charge < -0.3 is 19.5 Å². The van der Waals surface area contributed by atoms with Crippen LogP contribution in [-0.4, -0.2) is 18.9 Å². The minimum absolute atomic E-state index is 0.0711. The van der Waals surface area contributed by atoms with Crippen LogP contribution in [0.5, 0.6) is 17.2 Å². The predicted molar refractivity (Wildman–Crippen MR) is 82.0 cm³/mol. The summed E-state index contributed by atoms with van der Waals surface area (Å²) in [5.41, 5.74) is 1.20. The van der Waals surface area contributed by atoms with Gasteiger partial charge in [0.2, 0.25) is 6.79 Å². The first-order valence-electron chi connectivity index (χ1n) is 7.81. The van der Waals surface area contributed by atoms with Crippen LogP contribution in [0.2, 0.25) is 0 Å². The van der Waals surface area contributed by atoms with Gasteiger partial charge in [0.1, 0.15) is 5.75 Å². The van der Waals surface area contributed by atoms with Gasteiger partial charge in [-0.3, -0.25) is 0 Å². The molecule has 0 saturated heterocycles. The van der Waals surface area contributed by atoms with Gasteiger partial charge in [-0.05, 0) is 39.2 Å². The lowest BCUT2D eigenvalue weighted by Gasteiger charge is -2.22. The van der Waals surface area contributed by atoms with E-state index in [2.05, 4.69) is 26.1 Å². The van der Waals surface area contributed by atoms with E-state index in [0.29, 0.717) is 6.79 Å². The summed E-state index contributed by atoms with van der Waals surface area (Å²) in [5.74, 6) is 3.40. The van der Waals surface area contributed by atoms with Crippen LogP contribution in [0.1, 0.15) is 45.6 Å². The molecular formula is C17H25NO3. The summed E-state index contributed by atoms with van der Waals surface area (Å²) in [4.78, 5) is 0. The summed E-state index contributed by atoms with van der Waals surface area (Å²) in [5, 5.41) is 3.50. The number of nitrogens with one attached hydrogen (secondary N) is 1. The minimum Gasteiger partial charge on any atom is -0.493 e. The molecule has 3 rings (SSSR count). The quantitative estimate of drug-likeness (QED) is 0.871. The Kier molecular flexibility index (Phi) is 3.98. The number of rotatable bonds is 6. The van der Waals surface area contributed by atoms with Crippen molar-refractivity contribution in [1.82, 2.24) is 5.32 Å². The second kappa shape index (κ2) is 5.76. The van der Waals surface area contributed by atoms with E-state index in [4.69, 9.17) is 14.2 Å². The molecule has 0 bridgehead atoms. The van der Waals surface area contributed by atoms with Crippen LogP contribution in [0.3, 0.4) is 0 Å². The highest BCUT2D eigenvalue weighted by molar-refractivity contribution is 5.51. The van der Waals surface area contributed by atoms with Gasteiger partial charge in [-0.25, -0.2) is 0 Å². The predicted octanol–water partition coefficient (Wildman–Crippen LogP) is 3.48. The van der Waals surface area contributed by atoms with Gasteiger partial charge >= 0.3 is 0 Å². The maximum atomic E-state index is 6.00. The molecule has 1 aromatic rings. The Balaban J connectivity index is 1.70. The number of hydrogen-bond acceptors (Lipinski definition) is 4. The Morgan fingerprint density at radius 1 is 1.19 bits per heavy atom. The maximum Gasteiger partial charge on any atom is 0.231 e. The second-order valence-corrected chi connectivity index (χ2v) is 7.00. The van der Waals surface area contributed by atoms with E-state index in [1.165, 1.54) is 12.8 Å². The van der Waals surface area contributed by atoms with Gasteiger partial charge in [0.05, 0.1) is 6.61 Å². The SMILES string of the molecule is CC(C)(C)NCc1cc2c(cc1OCCC1CC1)OCO2. The number of fused-ring (bicyclic) bond motifs is 1. The number of benzene rings is 1. The topological polar surface area (TPSA) is 39.7 Å². The van der Waals surface area contributed by atoms with Crippen molar-refractivity contribution in [1.29, 1.82) is 0 Å². The minimum atomic E-state index is 0.0711. The molecule has 4 heteroatoms. The highest BCUT2D eigenvalue weighted by Crippen LogP contribution is 2.39. The third-order valence-corrected chi connectivity index (χ3v) is 3.85. The van der Waals surface area contributed by atoms with Crippen molar-refractivity contribution in [3.8, 4) is 17.2 Å². The van der Waals surface area contributed by atoms with Gasteiger partial charge in [-0.1, -0.05) is 12.8 Å². The second-order valence-electron chi connectivity index (χ2n) is 7.00. The molecule has 21 heavy (non-hydrogen) atoms. The third-order valence-electron chi connectivity index (χ3n) is 3.85. The van der Waals surface area contributed by atoms with Crippen molar-refractivity contribution < 1.29 is 14.2 Å². The Morgan fingerprint density at radius 3 is 2.57 bits per heavy atom. The molecule has 1 saturated carbocycles. The third kappa shape index (κ3) is 4.03. The lowest BCUT2D eigenvalue weighted by molar-refractivity contribution is 0.173. The van der Waals surface area contributed by atoms with E-state index in [0.717, 1.165) is 48.3 Å². The fraction of sp³-hybridized carbons (Fsp3) is 0.647. The molecule has 4 nitrogen and oxygen atoms in total. The monoisotopic (exact) mass is 291 g/mol. The molecule has 2 aliphatic rings. The lowest BCUT2D eigenvalue weighted by atomic mass is 10.1. The smallest absolute Gasteiger partial charge is 0.231 e. The van der Waals surface area contributed by atoms with E-state index >= 15 is 0 Å². The molecule has 0 radical (unpaired) electrons. The van der Waals surface area contributed by atoms with E-state index < -0.39 is 0 Å². The Hall–Kier alpha value is -1.42. The number of ether oxygens (including phenoxy) is 3. The molecule has 0 amide bonds. The van der Waals surface area contributed by atoms with Crippen molar-refractivity contribution in [3.63, 3.8) is 0 Å². The van der Waals surface area contributed by atoms with Gasteiger partial charge in [-0.2, -0.15) is 0 Å². The van der Waals surface area contributed by atoms with Crippen LogP contribution < -0.4 is 19.5 Å². The molecule has 116 valence electrons. The van der Waals surface area contributed by atoms with E-state index in [1.807, 2.05) is 12.1 Å². The molecule has 0 atom stereocenters. The zero-order valence-corrected chi connectivity index (χ0v) is 13.2. The summed E-state index contributed by atoms with van der Waals surface area (Å²) >= 11 is 0. The molecular weight excluding hydrogens is 266 g/mol. The first kappa shape index (κ1) is 14.5. The molecule has 1 aliphatic carbocycles. The van der Waals surface area contributed by atoms with Crippen molar-refractivity contribution in [2.75, 3.05) is 13.4 Å². The molecule has 0 aromatic heterocycles. The van der Waals surface area contributed by atoms with Gasteiger partial charge in [0, 0.05) is 23.7 Å². The zero-order valence-electron chi connectivity index (χ0n) is 13.2. The Morgan fingerprint density at radius 2 is 1.90 bits per heavy atom. The van der Waals surface area contributed by atoms with E-state index in [9.17, 15) is 0 Å². The largest absolute Gasteiger partial charge is 0.493 e. The molecule has 1 fully saturated rings. The van der Waals surface area contributed by atoms with Crippen molar-refractivity contribution in [2.45, 2.75) is 52.1 Å². The van der Waals surface area contributed by atoms with Crippen LogP contribution in [0.25, 0.3) is 0 Å². The fourth-order valence-corrected chi connectivity index (χ4v) is 2.34. The fourth-order valence-electron chi connectivity index (χ4n) is 2.34. The van der Waals surface area contributed by atoms with Gasteiger partial charge in [-0.15, -0.1) is 0 Å². The van der Waals surface area contributed by atoms with Crippen LogP contribution >= 0.6 is 0 Å².